The van der Waals surface area contributed by atoms with E-state index in [1.54, 1.807) is 32.0 Å². The predicted octanol–water partition coefficient (Wildman–Crippen LogP) is 3.01. The largest absolute Gasteiger partial charge is 0.606 e. The second kappa shape index (κ2) is 8.38. The van der Waals surface area contributed by atoms with Gasteiger partial charge < -0.3 is 16.0 Å². The van der Waals surface area contributed by atoms with Crippen molar-refractivity contribution in [2.24, 2.45) is 11.5 Å². The van der Waals surface area contributed by atoms with Crippen molar-refractivity contribution in [1.82, 2.24) is 0 Å². The molecule has 4 N–H and O–H groups in total. The monoisotopic (exact) mass is 372 g/mol. The van der Waals surface area contributed by atoms with Crippen LogP contribution in [0.2, 0.25) is 0 Å². The third kappa shape index (κ3) is 4.08. The molecule has 0 aliphatic carbocycles. The molecular weight excluding hydrogens is 348 g/mol. The quantitative estimate of drug-likeness (QED) is 0.729. The molecule has 1 atom stereocenters. The number of benzene rings is 2. The third-order valence-corrected chi connectivity index (χ3v) is 6.09. The smallest absolute Gasteiger partial charge is 0.253 e. The van der Waals surface area contributed by atoms with Crippen molar-refractivity contribution >= 4 is 23.0 Å². The SMILES string of the molecule is CCCCc1cc(C)c([S+]([O-])c2c(C)cccc2C(N)=O)c(C(N)=O)c1. The molecule has 0 fully saturated rings. The van der Waals surface area contributed by atoms with Crippen LogP contribution in [0.3, 0.4) is 0 Å². The van der Waals surface area contributed by atoms with E-state index in [0.717, 1.165) is 24.8 Å². The van der Waals surface area contributed by atoms with Gasteiger partial charge in [-0.15, -0.1) is 0 Å². The van der Waals surface area contributed by atoms with Crippen LogP contribution in [0.1, 0.15) is 57.2 Å². The summed E-state index contributed by atoms with van der Waals surface area (Å²) in [5.74, 6) is -1.29. The number of primary amides is 2. The summed E-state index contributed by atoms with van der Waals surface area (Å²) in [6.45, 7) is 5.65. The molecule has 0 heterocycles. The zero-order valence-corrected chi connectivity index (χ0v) is 16.1. The highest BCUT2D eigenvalue weighted by Gasteiger charge is 2.30. The van der Waals surface area contributed by atoms with Crippen LogP contribution in [-0.4, -0.2) is 16.4 Å². The minimum Gasteiger partial charge on any atom is -0.606 e. The van der Waals surface area contributed by atoms with Crippen LogP contribution < -0.4 is 11.5 Å². The van der Waals surface area contributed by atoms with E-state index in [-0.39, 0.29) is 11.1 Å². The third-order valence-electron chi connectivity index (χ3n) is 4.27. The molecule has 0 bridgehead atoms. The number of hydrogen-bond donors (Lipinski definition) is 2. The molecular formula is C20H24N2O3S. The maximum Gasteiger partial charge on any atom is 0.253 e. The lowest BCUT2D eigenvalue weighted by atomic mass is 10.0. The highest BCUT2D eigenvalue weighted by atomic mass is 32.2. The summed E-state index contributed by atoms with van der Waals surface area (Å²) in [6, 6.07) is 8.62. The molecule has 2 amide bonds. The maximum absolute atomic E-state index is 13.4. The van der Waals surface area contributed by atoms with Gasteiger partial charge in [-0.05, 0) is 44.4 Å². The average Bonchev–Trinajstić information content (AvgIpc) is 2.58. The first kappa shape index (κ1) is 20.0. The van der Waals surface area contributed by atoms with Crippen LogP contribution in [0, 0.1) is 13.8 Å². The first-order valence-corrected chi connectivity index (χ1v) is 9.67. The molecule has 0 spiro atoms. The molecule has 0 saturated carbocycles. The van der Waals surface area contributed by atoms with E-state index in [1.165, 1.54) is 6.07 Å². The number of rotatable bonds is 7. The highest BCUT2D eigenvalue weighted by molar-refractivity contribution is 7.91. The van der Waals surface area contributed by atoms with Gasteiger partial charge in [0.05, 0.1) is 11.1 Å². The summed E-state index contributed by atoms with van der Waals surface area (Å²) in [7, 11) is 0. The van der Waals surface area contributed by atoms with Crippen molar-refractivity contribution in [3.63, 3.8) is 0 Å². The van der Waals surface area contributed by atoms with Crippen molar-refractivity contribution in [2.45, 2.75) is 49.8 Å². The van der Waals surface area contributed by atoms with Crippen LogP contribution in [-0.2, 0) is 17.6 Å². The first-order valence-electron chi connectivity index (χ1n) is 8.52. The Hall–Kier alpha value is -2.31. The van der Waals surface area contributed by atoms with Crippen molar-refractivity contribution in [3.8, 4) is 0 Å². The van der Waals surface area contributed by atoms with Gasteiger partial charge in [0.25, 0.3) is 11.8 Å². The summed E-state index contributed by atoms with van der Waals surface area (Å²) in [5.41, 5.74) is 13.8. The Morgan fingerprint density at radius 1 is 1.00 bits per heavy atom. The lowest BCUT2D eigenvalue weighted by Gasteiger charge is -2.19. The lowest BCUT2D eigenvalue weighted by Crippen LogP contribution is -2.22. The van der Waals surface area contributed by atoms with Gasteiger partial charge in [-0.25, -0.2) is 0 Å². The summed E-state index contributed by atoms with van der Waals surface area (Å²) in [5, 5.41) is 0. The molecule has 2 aromatic rings. The van der Waals surface area contributed by atoms with Gasteiger partial charge in [-0.2, -0.15) is 0 Å². The van der Waals surface area contributed by atoms with E-state index in [4.69, 9.17) is 11.5 Å². The molecule has 2 aromatic carbocycles. The van der Waals surface area contributed by atoms with Gasteiger partial charge >= 0.3 is 0 Å². The van der Waals surface area contributed by atoms with Crippen molar-refractivity contribution < 1.29 is 14.1 Å². The van der Waals surface area contributed by atoms with Crippen LogP contribution in [0.15, 0.2) is 40.1 Å². The summed E-state index contributed by atoms with van der Waals surface area (Å²) >= 11 is -1.75. The normalized spacial score (nSPS) is 12.0. The van der Waals surface area contributed by atoms with Gasteiger partial charge in [0, 0.05) is 22.3 Å². The number of amides is 2. The van der Waals surface area contributed by atoms with E-state index >= 15 is 0 Å². The molecule has 2 rings (SSSR count). The number of carbonyl (C=O) groups is 2. The molecule has 26 heavy (non-hydrogen) atoms. The lowest BCUT2D eigenvalue weighted by molar-refractivity contribution is 0.0989. The fourth-order valence-electron chi connectivity index (χ4n) is 3.00. The molecule has 0 aliphatic heterocycles. The number of aryl methyl sites for hydroxylation is 3. The van der Waals surface area contributed by atoms with E-state index in [9.17, 15) is 14.1 Å². The first-order chi connectivity index (χ1) is 12.3. The molecule has 1 unspecified atom stereocenters. The Labute approximate surface area is 157 Å². The maximum atomic E-state index is 13.4. The fraction of sp³-hybridized carbons (Fsp3) is 0.300. The van der Waals surface area contributed by atoms with E-state index < -0.39 is 23.0 Å². The number of nitrogens with two attached hydrogens (primary N) is 2. The minimum atomic E-state index is -1.75. The zero-order valence-electron chi connectivity index (χ0n) is 15.3. The number of unbranched alkanes of at least 4 members (excludes halogenated alkanes) is 1. The zero-order chi connectivity index (χ0) is 19.4. The molecule has 6 heteroatoms. The Morgan fingerprint density at radius 2 is 1.62 bits per heavy atom. The second-order valence-electron chi connectivity index (χ2n) is 6.34. The predicted molar refractivity (Wildman–Crippen MR) is 103 cm³/mol. The molecule has 5 nitrogen and oxygen atoms in total. The second-order valence-corrected chi connectivity index (χ2v) is 7.70. The van der Waals surface area contributed by atoms with Crippen molar-refractivity contribution in [1.29, 1.82) is 0 Å². The van der Waals surface area contributed by atoms with E-state index in [0.29, 0.717) is 20.9 Å². The summed E-state index contributed by atoms with van der Waals surface area (Å²) in [4.78, 5) is 24.5. The van der Waals surface area contributed by atoms with Crippen LogP contribution in [0.5, 0.6) is 0 Å². The Bertz CT molecular complexity index is 849. The molecule has 0 aliphatic rings. The molecule has 0 saturated heterocycles. The minimum absolute atomic E-state index is 0.188. The topological polar surface area (TPSA) is 109 Å². The Morgan fingerprint density at radius 3 is 2.19 bits per heavy atom. The van der Waals surface area contributed by atoms with Gasteiger partial charge in [-0.1, -0.05) is 31.5 Å². The summed E-state index contributed by atoms with van der Waals surface area (Å²) in [6.07, 6.45) is 2.84. The van der Waals surface area contributed by atoms with Crippen LogP contribution >= 0.6 is 0 Å². The number of hydrogen-bond acceptors (Lipinski definition) is 3. The fourth-order valence-corrected chi connectivity index (χ4v) is 4.64. The van der Waals surface area contributed by atoms with Crippen LogP contribution in [0.4, 0.5) is 0 Å². The van der Waals surface area contributed by atoms with E-state index in [2.05, 4.69) is 6.92 Å². The van der Waals surface area contributed by atoms with Crippen molar-refractivity contribution in [2.75, 3.05) is 0 Å². The molecule has 138 valence electrons. The number of carbonyl (C=O) groups excluding carboxylic acids is 2. The van der Waals surface area contributed by atoms with E-state index in [1.807, 2.05) is 6.07 Å². The summed E-state index contributed by atoms with van der Waals surface area (Å²) < 4.78 is 13.4. The van der Waals surface area contributed by atoms with Crippen molar-refractivity contribution in [3.05, 3.63) is 58.1 Å². The molecule has 0 aromatic heterocycles. The van der Waals surface area contributed by atoms with Gasteiger partial charge in [0.1, 0.15) is 0 Å². The van der Waals surface area contributed by atoms with Crippen LogP contribution in [0.25, 0.3) is 0 Å². The molecule has 0 radical (unpaired) electrons. The standard InChI is InChI=1S/C20H24N2O3S/c1-4-5-8-14-10-13(3)18(16(11-14)20(22)24)26(25)17-12(2)7-6-9-15(17)19(21)23/h6-7,9-11H,4-5,8H2,1-3H3,(H2,21,23)(H2,22,24). The highest BCUT2D eigenvalue weighted by Crippen LogP contribution is 2.32. The Balaban J connectivity index is 2.65. The average molecular weight is 372 g/mol. The Kier molecular flexibility index (Phi) is 6.45. The van der Waals surface area contributed by atoms with Gasteiger partial charge in [-0.3, -0.25) is 9.59 Å². The van der Waals surface area contributed by atoms with Gasteiger partial charge in [0.2, 0.25) is 0 Å². The van der Waals surface area contributed by atoms with Gasteiger partial charge in [0.15, 0.2) is 9.79 Å².